The maximum Gasteiger partial charge on any atom is 0.251 e. The summed E-state index contributed by atoms with van der Waals surface area (Å²) in [4.78, 5) is 22.7. The van der Waals surface area contributed by atoms with Crippen LogP contribution >= 0.6 is 11.6 Å². The molecule has 0 radical (unpaired) electrons. The fraction of sp³-hybridized carbons (Fsp3) is 0.364. The Hall–Kier alpha value is -2.41. The molecule has 1 amide bonds. The number of aromatic amines is 1. The summed E-state index contributed by atoms with van der Waals surface area (Å²) in [5.74, 6) is 0.713. The molecule has 1 aliphatic heterocycles. The number of carbonyl (C=O) groups is 1. The smallest absolute Gasteiger partial charge is 0.251 e. The van der Waals surface area contributed by atoms with Crippen LogP contribution in [0, 0.1) is 6.92 Å². The zero-order valence-electron chi connectivity index (χ0n) is 16.5. The van der Waals surface area contributed by atoms with Gasteiger partial charge < -0.3 is 15.0 Å². The monoisotopic (exact) mass is 412 g/mol. The van der Waals surface area contributed by atoms with Gasteiger partial charge >= 0.3 is 0 Å². The number of benzene rings is 2. The number of amides is 1. The lowest BCUT2D eigenvalue weighted by molar-refractivity contribution is 0.0374. The van der Waals surface area contributed by atoms with Crippen LogP contribution in [0.4, 0.5) is 0 Å². The van der Waals surface area contributed by atoms with Crippen molar-refractivity contribution < 1.29 is 9.53 Å². The maximum absolute atomic E-state index is 12.4. The Bertz CT molecular complexity index is 955. The first-order valence-electron chi connectivity index (χ1n) is 9.95. The van der Waals surface area contributed by atoms with Crippen LogP contribution in [0.25, 0.3) is 22.4 Å². The van der Waals surface area contributed by atoms with E-state index in [1.54, 1.807) is 0 Å². The molecule has 0 aliphatic carbocycles. The maximum atomic E-state index is 12.4. The van der Waals surface area contributed by atoms with E-state index in [2.05, 4.69) is 20.2 Å². The van der Waals surface area contributed by atoms with Gasteiger partial charge in [-0.2, -0.15) is 0 Å². The van der Waals surface area contributed by atoms with Crippen LogP contribution in [0.3, 0.4) is 0 Å². The van der Waals surface area contributed by atoms with Gasteiger partial charge in [-0.3, -0.25) is 9.69 Å². The highest BCUT2D eigenvalue weighted by Gasteiger charge is 2.11. The summed E-state index contributed by atoms with van der Waals surface area (Å²) in [6.45, 7) is 7.18. The fourth-order valence-electron chi connectivity index (χ4n) is 3.49. The number of imidazole rings is 1. The van der Waals surface area contributed by atoms with Crippen molar-refractivity contribution in [3.63, 3.8) is 0 Å². The van der Waals surface area contributed by atoms with Gasteiger partial charge in [-0.25, -0.2) is 4.98 Å². The Morgan fingerprint density at radius 2 is 2.00 bits per heavy atom. The van der Waals surface area contributed by atoms with Gasteiger partial charge in [-0.15, -0.1) is 0 Å². The number of halogens is 1. The summed E-state index contributed by atoms with van der Waals surface area (Å²) in [6, 6.07) is 11.3. The third kappa shape index (κ3) is 4.78. The summed E-state index contributed by atoms with van der Waals surface area (Å²) in [5.41, 5.74) is 4.37. The number of morpholine rings is 1. The van der Waals surface area contributed by atoms with Gasteiger partial charge in [-0.05, 0) is 49.7 Å². The number of rotatable bonds is 6. The van der Waals surface area contributed by atoms with Crippen molar-refractivity contribution in [3.8, 4) is 11.4 Å². The van der Waals surface area contributed by atoms with Crippen molar-refractivity contribution in [2.24, 2.45) is 0 Å². The lowest BCUT2D eigenvalue weighted by atomic mass is 10.1. The van der Waals surface area contributed by atoms with Crippen LogP contribution in [0.15, 0.2) is 36.4 Å². The second kappa shape index (κ2) is 8.95. The topological polar surface area (TPSA) is 70.2 Å². The van der Waals surface area contributed by atoms with Crippen molar-refractivity contribution in [2.45, 2.75) is 13.3 Å². The summed E-state index contributed by atoms with van der Waals surface area (Å²) >= 11 is 6.19. The molecule has 2 N–H and O–H groups in total. The molecular weight excluding hydrogens is 388 g/mol. The van der Waals surface area contributed by atoms with Crippen molar-refractivity contribution in [1.29, 1.82) is 0 Å². The Balaban J connectivity index is 1.34. The number of fused-ring (bicyclic) bond motifs is 1. The third-order valence-corrected chi connectivity index (χ3v) is 5.63. The highest BCUT2D eigenvalue weighted by molar-refractivity contribution is 6.32. The van der Waals surface area contributed by atoms with E-state index in [0.717, 1.165) is 67.3 Å². The van der Waals surface area contributed by atoms with Crippen LogP contribution in [-0.4, -0.2) is 60.2 Å². The normalized spacial score (nSPS) is 15.0. The standard InChI is InChI=1S/C22H25ClN4O2/c1-15-13-19-20(14-18(15)23)26-21(25-19)16-3-5-17(6-4-16)22(28)24-7-2-8-27-9-11-29-12-10-27/h3-6,13-14H,2,7-12H2,1H3,(H,24,28)(H,25,26). The highest BCUT2D eigenvalue weighted by Crippen LogP contribution is 2.25. The van der Waals surface area contributed by atoms with Crippen LogP contribution in [0.2, 0.25) is 5.02 Å². The van der Waals surface area contributed by atoms with E-state index in [-0.39, 0.29) is 5.91 Å². The van der Waals surface area contributed by atoms with Gasteiger partial charge in [0.1, 0.15) is 5.82 Å². The molecule has 29 heavy (non-hydrogen) atoms. The number of nitrogens with one attached hydrogen (secondary N) is 2. The Kier molecular flexibility index (Phi) is 6.13. The molecule has 1 saturated heterocycles. The molecule has 0 unspecified atom stereocenters. The molecule has 2 heterocycles. The second-order valence-corrected chi connectivity index (χ2v) is 7.75. The Labute approximate surface area is 175 Å². The van der Waals surface area contributed by atoms with E-state index in [0.29, 0.717) is 17.1 Å². The molecule has 2 aromatic carbocycles. The highest BCUT2D eigenvalue weighted by atomic mass is 35.5. The first kappa shape index (κ1) is 19.9. The molecule has 6 nitrogen and oxygen atoms in total. The van der Waals surface area contributed by atoms with Crippen molar-refractivity contribution in [3.05, 3.63) is 52.5 Å². The quantitative estimate of drug-likeness (QED) is 0.606. The molecule has 1 aromatic heterocycles. The minimum Gasteiger partial charge on any atom is -0.379 e. The number of hydrogen-bond acceptors (Lipinski definition) is 4. The van der Waals surface area contributed by atoms with E-state index in [9.17, 15) is 4.79 Å². The molecule has 1 aliphatic rings. The molecule has 4 rings (SSSR count). The molecule has 0 saturated carbocycles. The molecule has 0 atom stereocenters. The number of hydrogen-bond donors (Lipinski definition) is 2. The number of aryl methyl sites for hydroxylation is 1. The minimum absolute atomic E-state index is 0.0504. The van der Waals surface area contributed by atoms with Gasteiger partial charge in [0.15, 0.2) is 0 Å². The summed E-state index contributed by atoms with van der Waals surface area (Å²) in [6.07, 6.45) is 0.935. The number of nitrogens with zero attached hydrogens (tertiary/aromatic N) is 2. The van der Waals surface area contributed by atoms with Crippen LogP contribution in [0.5, 0.6) is 0 Å². The Morgan fingerprint density at radius 1 is 1.24 bits per heavy atom. The number of carbonyl (C=O) groups excluding carboxylic acids is 1. The number of ether oxygens (including phenoxy) is 1. The second-order valence-electron chi connectivity index (χ2n) is 7.34. The lowest BCUT2D eigenvalue weighted by Crippen LogP contribution is -2.38. The van der Waals surface area contributed by atoms with Gasteiger partial charge in [0.05, 0.1) is 24.2 Å². The van der Waals surface area contributed by atoms with E-state index < -0.39 is 0 Å². The molecule has 1 fully saturated rings. The minimum atomic E-state index is -0.0504. The van der Waals surface area contributed by atoms with Crippen LogP contribution in [-0.2, 0) is 4.74 Å². The van der Waals surface area contributed by atoms with Crippen molar-refractivity contribution >= 4 is 28.5 Å². The van der Waals surface area contributed by atoms with Gasteiger partial charge in [0.25, 0.3) is 5.91 Å². The average molecular weight is 413 g/mol. The van der Waals surface area contributed by atoms with Crippen LogP contribution in [0.1, 0.15) is 22.3 Å². The predicted molar refractivity (Wildman–Crippen MR) is 115 cm³/mol. The van der Waals surface area contributed by atoms with Crippen molar-refractivity contribution in [2.75, 3.05) is 39.4 Å². The van der Waals surface area contributed by atoms with Gasteiger partial charge in [-0.1, -0.05) is 23.7 Å². The molecule has 152 valence electrons. The zero-order chi connectivity index (χ0) is 20.2. The van der Waals surface area contributed by atoms with Gasteiger partial charge in [0, 0.05) is 35.8 Å². The molecular formula is C22H25ClN4O2. The summed E-state index contributed by atoms with van der Waals surface area (Å²) in [7, 11) is 0. The fourth-order valence-corrected chi connectivity index (χ4v) is 3.65. The molecule has 7 heteroatoms. The summed E-state index contributed by atoms with van der Waals surface area (Å²) in [5, 5.41) is 3.70. The first-order valence-corrected chi connectivity index (χ1v) is 10.3. The van der Waals surface area contributed by atoms with E-state index >= 15 is 0 Å². The number of aromatic nitrogens is 2. The lowest BCUT2D eigenvalue weighted by Gasteiger charge is -2.26. The zero-order valence-corrected chi connectivity index (χ0v) is 17.3. The van der Waals surface area contributed by atoms with E-state index in [1.807, 2.05) is 43.3 Å². The van der Waals surface area contributed by atoms with Crippen LogP contribution < -0.4 is 5.32 Å². The van der Waals surface area contributed by atoms with E-state index in [1.165, 1.54) is 0 Å². The third-order valence-electron chi connectivity index (χ3n) is 5.22. The first-order chi connectivity index (χ1) is 14.1. The predicted octanol–water partition coefficient (Wildman–Crippen LogP) is 3.64. The molecule has 3 aromatic rings. The SMILES string of the molecule is Cc1cc2[nH]c(-c3ccc(C(=O)NCCCN4CCOCC4)cc3)nc2cc1Cl. The van der Waals surface area contributed by atoms with E-state index in [4.69, 9.17) is 16.3 Å². The average Bonchev–Trinajstić information content (AvgIpc) is 3.15. The number of H-pyrrole nitrogens is 1. The Morgan fingerprint density at radius 3 is 2.76 bits per heavy atom. The molecule has 0 spiro atoms. The summed E-state index contributed by atoms with van der Waals surface area (Å²) < 4.78 is 5.35. The van der Waals surface area contributed by atoms with Gasteiger partial charge in [0.2, 0.25) is 0 Å². The van der Waals surface area contributed by atoms with Crippen molar-refractivity contribution in [1.82, 2.24) is 20.2 Å². The molecule has 0 bridgehead atoms. The largest absolute Gasteiger partial charge is 0.379 e.